The summed E-state index contributed by atoms with van der Waals surface area (Å²) in [6, 6.07) is 2.24. The first-order valence-corrected chi connectivity index (χ1v) is 9.34. The van der Waals surface area contributed by atoms with E-state index in [1.54, 1.807) is 6.20 Å². The van der Waals surface area contributed by atoms with Gasteiger partial charge in [0.1, 0.15) is 11.9 Å². The third-order valence-electron chi connectivity index (χ3n) is 5.53. The van der Waals surface area contributed by atoms with E-state index in [9.17, 15) is 5.11 Å². The maximum Gasteiger partial charge on any atom is 0.137 e. The molecule has 0 aromatic carbocycles. The van der Waals surface area contributed by atoms with Gasteiger partial charge in [0.15, 0.2) is 0 Å². The standard InChI is InChI=1S/C18H28N6O/c1-22-10-6-20-18(22)17(25)14-3-8-23(9-4-14)13-15-11-16-12-19-5-2-7-24(16)21-15/h6,10-11,14,17,19,25H,2-5,7-9,12-13H2,1H3/t17-/m1/s1. The highest BCUT2D eigenvalue weighted by Crippen LogP contribution is 2.30. The molecule has 2 aliphatic heterocycles. The van der Waals surface area contributed by atoms with Crippen molar-refractivity contribution in [1.82, 2.24) is 29.5 Å². The van der Waals surface area contributed by atoms with Gasteiger partial charge < -0.3 is 15.0 Å². The second-order valence-corrected chi connectivity index (χ2v) is 7.34. The van der Waals surface area contributed by atoms with Crippen molar-refractivity contribution in [1.29, 1.82) is 0 Å². The zero-order chi connectivity index (χ0) is 17.2. The molecule has 2 aliphatic rings. The quantitative estimate of drug-likeness (QED) is 0.868. The first kappa shape index (κ1) is 16.8. The molecule has 0 aliphatic carbocycles. The van der Waals surface area contributed by atoms with Crippen molar-refractivity contribution in [3.05, 3.63) is 35.7 Å². The van der Waals surface area contributed by atoms with Crippen molar-refractivity contribution in [2.75, 3.05) is 19.6 Å². The average Bonchev–Trinajstić information content (AvgIpc) is 3.15. The van der Waals surface area contributed by atoms with Crippen LogP contribution in [0.5, 0.6) is 0 Å². The summed E-state index contributed by atoms with van der Waals surface area (Å²) in [5, 5.41) is 18.8. The Balaban J connectivity index is 1.32. The van der Waals surface area contributed by atoms with Gasteiger partial charge in [-0.05, 0) is 50.9 Å². The minimum Gasteiger partial charge on any atom is -0.385 e. The number of piperidine rings is 1. The minimum atomic E-state index is -0.461. The number of hydrogen-bond acceptors (Lipinski definition) is 5. The van der Waals surface area contributed by atoms with Gasteiger partial charge in [-0.2, -0.15) is 5.10 Å². The summed E-state index contributed by atoms with van der Waals surface area (Å²) in [6.45, 7) is 5.93. The van der Waals surface area contributed by atoms with E-state index in [1.165, 1.54) is 11.4 Å². The molecule has 7 nitrogen and oxygen atoms in total. The maximum atomic E-state index is 10.6. The molecule has 0 unspecified atom stereocenters. The van der Waals surface area contributed by atoms with E-state index in [4.69, 9.17) is 5.10 Å². The number of likely N-dealkylation sites (tertiary alicyclic amines) is 1. The minimum absolute atomic E-state index is 0.292. The van der Waals surface area contributed by atoms with E-state index in [-0.39, 0.29) is 0 Å². The molecule has 4 heterocycles. The molecule has 0 bridgehead atoms. The summed E-state index contributed by atoms with van der Waals surface area (Å²) in [4.78, 5) is 6.76. The lowest BCUT2D eigenvalue weighted by Gasteiger charge is -2.33. The van der Waals surface area contributed by atoms with Gasteiger partial charge in [-0.15, -0.1) is 0 Å². The highest BCUT2D eigenvalue weighted by atomic mass is 16.3. The second kappa shape index (κ2) is 7.27. The Morgan fingerprint density at radius 2 is 2.16 bits per heavy atom. The van der Waals surface area contributed by atoms with Crippen molar-refractivity contribution in [2.24, 2.45) is 13.0 Å². The normalized spacial score (nSPS) is 21.0. The van der Waals surface area contributed by atoms with Crippen LogP contribution in [0.15, 0.2) is 18.5 Å². The molecule has 7 heteroatoms. The Bertz CT molecular complexity index is 677. The average molecular weight is 344 g/mol. The largest absolute Gasteiger partial charge is 0.385 e. The van der Waals surface area contributed by atoms with Gasteiger partial charge in [0, 0.05) is 39.1 Å². The van der Waals surface area contributed by atoms with Crippen molar-refractivity contribution in [3.8, 4) is 0 Å². The van der Waals surface area contributed by atoms with Gasteiger partial charge in [-0.3, -0.25) is 9.58 Å². The zero-order valence-electron chi connectivity index (χ0n) is 14.9. The van der Waals surface area contributed by atoms with Crippen LogP contribution in [0, 0.1) is 5.92 Å². The van der Waals surface area contributed by atoms with Crippen molar-refractivity contribution < 1.29 is 5.11 Å². The van der Waals surface area contributed by atoms with Crippen LogP contribution >= 0.6 is 0 Å². The number of nitrogens with zero attached hydrogens (tertiary/aromatic N) is 5. The van der Waals surface area contributed by atoms with Crippen LogP contribution in [0.25, 0.3) is 0 Å². The number of fused-ring (bicyclic) bond motifs is 1. The Hall–Kier alpha value is -1.70. The van der Waals surface area contributed by atoms with E-state index in [2.05, 4.69) is 25.9 Å². The number of aliphatic hydroxyl groups is 1. The number of rotatable bonds is 4. The van der Waals surface area contributed by atoms with Gasteiger partial charge in [0.05, 0.1) is 11.4 Å². The number of nitrogens with one attached hydrogen (secondary N) is 1. The van der Waals surface area contributed by atoms with E-state index >= 15 is 0 Å². The highest BCUT2D eigenvalue weighted by molar-refractivity contribution is 5.11. The van der Waals surface area contributed by atoms with Crippen LogP contribution in [0.1, 0.15) is 42.6 Å². The lowest BCUT2D eigenvalue weighted by molar-refractivity contribution is 0.0488. The number of aryl methyl sites for hydroxylation is 2. The summed E-state index contributed by atoms with van der Waals surface area (Å²) < 4.78 is 4.08. The van der Waals surface area contributed by atoms with Crippen LogP contribution in [-0.4, -0.2) is 49.0 Å². The lowest BCUT2D eigenvalue weighted by Crippen LogP contribution is -2.35. The Morgan fingerprint density at radius 3 is 2.92 bits per heavy atom. The zero-order valence-corrected chi connectivity index (χ0v) is 14.9. The molecule has 1 fully saturated rings. The SMILES string of the molecule is Cn1ccnc1[C@H](O)C1CCN(Cc2cc3n(n2)CCCNC3)CC1. The van der Waals surface area contributed by atoms with Crippen molar-refractivity contribution >= 4 is 0 Å². The van der Waals surface area contributed by atoms with Crippen LogP contribution < -0.4 is 5.32 Å². The van der Waals surface area contributed by atoms with E-state index in [0.717, 1.165) is 64.4 Å². The molecule has 1 saturated heterocycles. The fraction of sp³-hybridized carbons (Fsp3) is 0.667. The summed E-state index contributed by atoms with van der Waals surface area (Å²) in [5.74, 6) is 1.07. The highest BCUT2D eigenvalue weighted by Gasteiger charge is 2.28. The Morgan fingerprint density at radius 1 is 1.32 bits per heavy atom. The molecule has 2 aromatic heterocycles. The number of hydrogen-bond donors (Lipinski definition) is 2. The van der Waals surface area contributed by atoms with Gasteiger partial charge in [0.2, 0.25) is 0 Å². The summed E-state index contributed by atoms with van der Waals surface area (Å²) >= 11 is 0. The van der Waals surface area contributed by atoms with E-state index in [1.807, 2.05) is 17.8 Å². The van der Waals surface area contributed by atoms with E-state index in [0.29, 0.717) is 5.92 Å². The molecule has 0 spiro atoms. The summed E-state index contributed by atoms with van der Waals surface area (Å²) in [6.07, 6.45) is 6.34. The molecule has 25 heavy (non-hydrogen) atoms. The number of aliphatic hydroxyl groups excluding tert-OH is 1. The van der Waals surface area contributed by atoms with Crippen LogP contribution in [0.2, 0.25) is 0 Å². The predicted octanol–water partition coefficient (Wildman–Crippen LogP) is 1.06. The maximum absolute atomic E-state index is 10.6. The fourth-order valence-corrected chi connectivity index (χ4v) is 4.03. The molecule has 2 aromatic rings. The van der Waals surface area contributed by atoms with Crippen molar-refractivity contribution in [3.63, 3.8) is 0 Å². The third kappa shape index (κ3) is 3.63. The van der Waals surface area contributed by atoms with Gasteiger partial charge in [0.25, 0.3) is 0 Å². The van der Waals surface area contributed by atoms with Crippen LogP contribution in [-0.2, 0) is 26.7 Å². The molecule has 4 rings (SSSR count). The molecule has 136 valence electrons. The molecule has 0 amide bonds. The monoisotopic (exact) mass is 344 g/mol. The molecule has 2 N–H and O–H groups in total. The lowest BCUT2D eigenvalue weighted by atomic mass is 9.90. The predicted molar refractivity (Wildman–Crippen MR) is 94.7 cm³/mol. The Kier molecular flexibility index (Phi) is 4.87. The Labute approximate surface area is 148 Å². The third-order valence-corrected chi connectivity index (χ3v) is 5.53. The first-order valence-electron chi connectivity index (χ1n) is 9.34. The molecule has 0 saturated carbocycles. The number of imidazole rings is 1. The molecule has 1 atom stereocenters. The van der Waals surface area contributed by atoms with Crippen LogP contribution in [0.4, 0.5) is 0 Å². The molecule has 0 radical (unpaired) electrons. The van der Waals surface area contributed by atoms with Gasteiger partial charge in [-0.25, -0.2) is 4.98 Å². The fourth-order valence-electron chi connectivity index (χ4n) is 4.03. The topological polar surface area (TPSA) is 71.1 Å². The van der Waals surface area contributed by atoms with Gasteiger partial charge in [-0.1, -0.05) is 0 Å². The second-order valence-electron chi connectivity index (χ2n) is 7.34. The van der Waals surface area contributed by atoms with E-state index < -0.39 is 6.10 Å². The smallest absolute Gasteiger partial charge is 0.137 e. The molecular formula is C18H28N6O. The molecular weight excluding hydrogens is 316 g/mol. The van der Waals surface area contributed by atoms with Gasteiger partial charge >= 0.3 is 0 Å². The summed E-state index contributed by atoms with van der Waals surface area (Å²) in [7, 11) is 1.94. The number of aromatic nitrogens is 4. The summed E-state index contributed by atoms with van der Waals surface area (Å²) in [5.41, 5.74) is 2.47. The van der Waals surface area contributed by atoms with Crippen LogP contribution in [0.3, 0.4) is 0 Å². The van der Waals surface area contributed by atoms with Crippen molar-refractivity contribution in [2.45, 2.75) is 45.0 Å². The first-order chi connectivity index (χ1) is 12.2.